The highest BCUT2D eigenvalue weighted by atomic mass is 15.2. The molecule has 0 aromatic rings. The minimum Gasteiger partial charge on any atom is -0.298 e. The molecule has 0 saturated carbocycles. The third-order valence-corrected chi connectivity index (χ3v) is 2.86. The lowest BCUT2D eigenvalue weighted by Gasteiger charge is -2.35. The van der Waals surface area contributed by atoms with Crippen LogP contribution in [0.4, 0.5) is 0 Å². The fraction of sp³-hybridized carbons (Fsp3) is 1.00. The zero-order valence-corrected chi connectivity index (χ0v) is 9.06. The Morgan fingerprint density at radius 3 is 2.42 bits per heavy atom. The molecule has 1 heteroatoms. The Balaban J connectivity index is 2.52. The van der Waals surface area contributed by atoms with E-state index in [9.17, 15) is 0 Å². The van der Waals surface area contributed by atoms with Crippen molar-refractivity contribution in [2.24, 2.45) is 5.92 Å². The van der Waals surface area contributed by atoms with Crippen molar-refractivity contribution in [2.75, 3.05) is 13.1 Å². The zero-order valence-electron chi connectivity index (χ0n) is 9.06. The van der Waals surface area contributed by atoms with Crippen LogP contribution in [-0.2, 0) is 0 Å². The molecular formula is C11H23N. The second kappa shape index (κ2) is 3.78. The molecule has 0 radical (unpaired) electrons. The summed E-state index contributed by atoms with van der Waals surface area (Å²) in [6, 6.07) is 0. The maximum atomic E-state index is 2.63. The molecule has 0 aromatic heterocycles. The molecule has 1 aliphatic rings. The predicted octanol–water partition coefficient (Wildman–Crippen LogP) is 2.91. The van der Waals surface area contributed by atoms with Gasteiger partial charge in [0.05, 0.1) is 0 Å². The van der Waals surface area contributed by atoms with Crippen molar-refractivity contribution >= 4 is 0 Å². The van der Waals surface area contributed by atoms with E-state index in [2.05, 4.69) is 32.6 Å². The molecule has 1 atom stereocenters. The molecule has 0 spiro atoms. The summed E-state index contributed by atoms with van der Waals surface area (Å²) in [5.74, 6) is 0.895. The highest BCUT2D eigenvalue weighted by Crippen LogP contribution is 2.22. The first-order chi connectivity index (χ1) is 5.50. The molecule has 1 rings (SSSR count). The minimum absolute atomic E-state index is 0.374. The molecule has 0 bridgehead atoms. The summed E-state index contributed by atoms with van der Waals surface area (Å²) in [6.07, 6.45) is 4.24. The van der Waals surface area contributed by atoms with E-state index >= 15 is 0 Å². The molecule has 0 N–H and O–H groups in total. The first-order valence-corrected chi connectivity index (χ1v) is 5.25. The summed E-state index contributed by atoms with van der Waals surface area (Å²) in [6.45, 7) is 11.9. The van der Waals surface area contributed by atoms with E-state index in [1.54, 1.807) is 0 Å². The number of likely N-dealkylation sites (tertiary alicyclic amines) is 1. The second-order valence-corrected chi connectivity index (χ2v) is 5.22. The van der Waals surface area contributed by atoms with Crippen LogP contribution in [0.25, 0.3) is 0 Å². The van der Waals surface area contributed by atoms with Crippen molar-refractivity contribution in [3.8, 4) is 0 Å². The van der Waals surface area contributed by atoms with Gasteiger partial charge in [-0.05, 0) is 46.1 Å². The van der Waals surface area contributed by atoms with Gasteiger partial charge in [-0.1, -0.05) is 13.3 Å². The van der Waals surface area contributed by atoms with Crippen LogP contribution in [0, 0.1) is 5.92 Å². The summed E-state index contributed by atoms with van der Waals surface area (Å²) < 4.78 is 0. The van der Waals surface area contributed by atoms with Crippen LogP contribution in [0.3, 0.4) is 0 Å². The summed E-state index contributed by atoms with van der Waals surface area (Å²) in [5, 5.41) is 0. The Morgan fingerprint density at radius 2 is 1.83 bits per heavy atom. The van der Waals surface area contributed by atoms with Gasteiger partial charge in [0, 0.05) is 12.1 Å². The Labute approximate surface area is 77.1 Å². The molecule has 1 fully saturated rings. The second-order valence-electron chi connectivity index (χ2n) is 5.22. The van der Waals surface area contributed by atoms with Crippen LogP contribution in [0.15, 0.2) is 0 Å². The fourth-order valence-corrected chi connectivity index (χ4v) is 1.96. The van der Waals surface area contributed by atoms with Gasteiger partial charge in [-0.15, -0.1) is 0 Å². The molecule has 1 heterocycles. The lowest BCUT2D eigenvalue weighted by molar-refractivity contribution is 0.127. The van der Waals surface area contributed by atoms with Gasteiger partial charge in [0.25, 0.3) is 0 Å². The molecule has 1 saturated heterocycles. The Hall–Kier alpha value is -0.0400. The van der Waals surface area contributed by atoms with Gasteiger partial charge in [-0.3, -0.25) is 4.90 Å². The Kier molecular flexibility index (Phi) is 3.16. The van der Waals surface area contributed by atoms with Gasteiger partial charge in [-0.2, -0.15) is 0 Å². The normalized spacial score (nSPS) is 28.5. The summed E-state index contributed by atoms with van der Waals surface area (Å²) >= 11 is 0. The van der Waals surface area contributed by atoms with Crippen molar-refractivity contribution in [3.63, 3.8) is 0 Å². The van der Waals surface area contributed by atoms with Crippen LogP contribution in [0.1, 0.15) is 47.0 Å². The van der Waals surface area contributed by atoms with E-state index in [4.69, 9.17) is 0 Å². The monoisotopic (exact) mass is 169 g/mol. The first kappa shape index (κ1) is 10.0. The van der Waals surface area contributed by atoms with Gasteiger partial charge >= 0.3 is 0 Å². The smallest absolute Gasteiger partial charge is 0.0125 e. The average Bonchev–Trinajstić information content (AvgIpc) is 2.11. The largest absolute Gasteiger partial charge is 0.298 e. The maximum Gasteiger partial charge on any atom is 0.0125 e. The summed E-state index contributed by atoms with van der Waals surface area (Å²) in [7, 11) is 0. The summed E-state index contributed by atoms with van der Waals surface area (Å²) in [5.41, 5.74) is 0.374. The van der Waals surface area contributed by atoms with Crippen molar-refractivity contribution in [3.05, 3.63) is 0 Å². The lowest BCUT2D eigenvalue weighted by Crippen LogP contribution is -2.43. The quantitative estimate of drug-likeness (QED) is 0.539. The molecule has 1 aliphatic heterocycles. The third kappa shape index (κ3) is 2.78. The van der Waals surface area contributed by atoms with Crippen LogP contribution in [0.2, 0.25) is 0 Å². The van der Waals surface area contributed by atoms with E-state index in [0.29, 0.717) is 5.54 Å². The van der Waals surface area contributed by atoms with Gasteiger partial charge in [0.15, 0.2) is 0 Å². The van der Waals surface area contributed by atoms with Crippen LogP contribution in [0.5, 0.6) is 0 Å². The first-order valence-electron chi connectivity index (χ1n) is 5.25. The van der Waals surface area contributed by atoms with Crippen LogP contribution in [-0.4, -0.2) is 23.5 Å². The lowest BCUT2D eigenvalue weighted by atomic mass is 10.0. The van der Waals surface area contributed by atoms with Crippen molar-refractivity contribution < 1.29 is 0 Å². The van der Waals surface area contributed by atoms with Crippen LogP contribution >= 0.6 is 0 Å². The molecule has 0 aromatic carbocycles. The topological polar surface area (TPSA) is 3.24 Å². The number of hydrogen-bond acceptors (Lipinski definition) is 1. The van der Waals surface area contributed by atoms with Crippen molar-refractivity contribution in [2.45, 2.75) is 52.5 Å². The maximum absolute atomic E-state index is 2.63. The standard InChI is InChI=1S/C11H23N/c1-10-7-5-6-8-12(9-10)11(2,3)4/h10H,5-9H2,1-4H3. The fourth-order valence-electron chi connectivity index (χ4n) is 1.96. The highest BCUT2D eigenvalue weighted by Gasteiger charge is 2.24. The van der Waals surface area contributed by atoms with Gasteiger partial charge in [-0.25, -0.2) is 0 Å². The molecule has 1 unspecified atom stereocenters. The van der Waals surface area contributed by atoms with E-state index in [-0.39, 0.29) is 0 Å². The number of hydrogen-bond donors (Lipinski definition) is 0. The molecule has 1 nitrogen and oxygen atoms in total. The Bertz CT molecular complexity index is 134. The van der Waals surface area contributed by atoms with E-state index in [1.165, 1.54) is 32.4 Å². The molecule has 0 aliphatic carbocycles. The molecular weight excluding hydrogens is 146 g/mol. The van der Waals surface area contributed by atoms with Gasteiger partial charge in [0.2, 0.25) is 0 Å². The van der Waals surface area contributed by atoms with E-state index < -0.39 is 0 Å². The molecule has 12 heavy (non-hydrogen) atoms. The van der Waals surface area contributed by atoms with E-state index in [0.717, 1.165) is 5.92 Å². The van der Waals surface area contributed by atoms with Crippen LogP contribution < -0.4 is 0 Å². The molecule has 72 valence electrons. The Morgan fingerprint density at radius 1 is 1.17 bits per heavy atom. The highest BCUT2D eigenvalue weighted by molar-refractivity contribution is 4.79. The predicted molar refractivity (Wildman–Crippen MR) is 54.3 cm³/mol. The number of rotatable bonds is 0. The van der Waals surface area contributed by atoms with E-state index in [1.807, 2.05) is 0 Å². The average molecular weight is 169 g/mol. The van der Waals surface area contributed by atoms with Crippen molar-refractivity contribution in [1.29, 1.82) is 0 Å². The van der Waals surface area contributed by atoms with Gasteiger partial charge in [0.1, 0.15) is 0 Å². The summed E-state index contributed by atoms with van der Waals surface area (Å²) in [4.78, 5) is 2.63. The van der Waals surface area contributed by atoms with Gasteiger partial charge < -0.3 is 0 Å². The number of nitrogens with zero attached hydrogens (tertiary/aromatic N) is 1. The SMILES string of the molecule is CC1CCCCN(C(C)(C)C)C1. The van der Waals surface area contributed by atoms with Crippen molar-refractivity contribution in [1.82, 2.24) is 4.90 Å². The minimum atomic E-state index is 0.374. The zero-order chi connectivity index (χ0) is 9.19. The molecule has 0 amide bonds. The third-order valence-electron chi connectivity index (χ3n) is 2.86.